The average molecular weight is 205 g/mol. The van der Waals surface area contributed by atoms with E-state index >= 15 is 0 Å². The summed E-state index contributed by atoms with van der Waals surface area (Å²) in [6.45, 7) is 0. The van der Waals surface area contributed by atoms with Gasteiger partial charge in [-0.1, -0.05) is 6.07 Å². The summed E-state index contributed by atoms with van der Waals surface area (Å²) in [6, 6.07) is 4.96. The number of hydrogen-bond donors (Lipinski definition) is 2. The zero-order valence-electron chi connectivity index (χ0n) is 8.12. The predicted octanol–water partition coefficient (Wildman–Crippen LogP) is 1.66. The van der Waals surface area contributed by atoms with E-state index in [0.29, 0.717) is 24.9 Å². The SMILES string of the molecule is O=C1CCCc2c(cccc2C(=O)O)N1. The van der Waals surface area contributed by atoms with E-state index in [1.807, 2.05) is 0 Å². The van der Waals surface area contributed by atoms with Crippen molar-refractivity contribution in [3.05, 3.63) is 29.3 Å². The highest BCUT2D eigenvalue weighted by Crippen LogP contribution is 2.25. The van der Waals surface area contributed by atoms with Gasteiger partial charge in [-0.3, -0.25) is 4.79 Å². The van der Waals surface area contributed by atoms with Crippen LogP contribution in [0.25, 0.3) is 0 Å². The maximum absolute atomic E-state index is 11.3. The maximum atomic E-state index is 11.3. The Kier molecular flexibility index (Phi) is 2.41. The molecule has 0 radical (unpaired) electrons. The Labute approximate surface area is 86.9 Å². The fraction of sp³-hybridized carbons (Fsp3) is 0.273. The van der Waals surface area contributed by atoms with Crippen LogP contribution in [-0.2, 0) is 11.2 Å². The Balaban J connectivity index is 2.50. The molecule has 1 aliphatic rings. The van der Waals surface area contributed by atoms with Crippen LogP contribution in [0, 0.1) is 0 Å². The second-order valence-electron chi connectivity index (χ2n) is 3.54. The third-order valence-corrected chi connectivity index (χ3v) is 2.51. The van der Waals surface area contributed by atoms with Crippen molar-refractivity contribution < 1.29 is 14.7 Å². The number of carbonyl (C=O) groups is 2. The lowest BCUT2D eigenvalue weighted by Crippen LogP contribution is -2.10. The summed E-state index contributed by atoms with van der Waals surface area (Å²) in [5.41, 5.74) is 1.66. The first-order chi connectivity index (χ1) is 7.18. The topological polar surface area (TPSA) is 66.4 Å². The summed E-state index contributed by atoms with van der Waals surface area (Å²) in [4.78, 5) is 22.2. The van der Waals surface area contributed by atoms with Gasteiger partial charge < -0.3 is 10.4 Å². The van der Waals surface area contributed by atoms with Crippen LogP contribution >= 0.6 is 0 Å². The number of aromatic carboxylic acids is 1. The number of carboxylic acids is 1. The Hall–Kier alpha value is -1.84. The lowest BCUT2D eigenvalue weighted by Gasteiger charge is -2.08. The van der Waals surface area contributed by atoms with Crippen molar-refractivity contribution in [1.82, 2.24) is 0 Å². The van der Waals surface area contributed by atoms with Crippen LogP contribution in [-0.4, -0.2) is 17.0 Å². The molecular formula is C11H11NO3. The Bertz CT molecular complexity index is 426. The van der Waals surface area contributed by atoms with Gasteiger partial charge >= 0.3 is 5.97 Å². The van der Waals surface area contributed by atoms with E-state index in [9.17, 15) is 9.59 Å². The molecule has 1 aromatic carbocycles. The molecule has 0 atom stereocenters. The van der Waals surface area contributed by atoms with E-state index in [2.05, 4.69) is 5.32 Å². The van der Waals surface area contributed by atoms with Crippen molar-refractivity contribution in [3.8, 4) is 0 Å². The molecule has 1 heterocycles. The van der Waals surface area contributed by atoms with E-state index in [-0.39, 0.29) is 11.5 Å². The maximum Gasteiger partial charge on any atom is 0.336 e. The first kappa shape index (κ1) is 9.71. The van der Waals surface area contributed by atoms with Crippen molar-refractivity contribution in [1.29, 1.82) is 0 Å². The van der Waals surface area contributed by atoms with E-state index in [1.54, 1.807) is 18.2 Å². The Morgan fingerprint density at radius 2 is 2.13 bits per heavy atom. The first-order valence-corrected chi connectivity index (χ1v) is 4.83. The van der Waals surface area contributed by atoms with E-state index in [1.165, 1.54) is 0 Å². The summed E-state index contributed by atoms with van der Waals surface area (Å²) in [7, 11) is 0. The highest BCUT2D eigenvalue weighted by Gasteiger charge is 2.18. The molecule has 0 saturated heterocycles. The van der Waals surface area contributed by atoms with Gasteiger partial charge in [-0.05, 0) is 30.5 Å². The van der Waals surface area contributed by atoms with Crippen molar-refractivity contribution in [2.24, 2.45) is 0 Å². The average Bonchev–Trinajstić information content (AvgIpc) is 2.37. The molecule has 0 aromatic heterocycles. The molecule has 1 aromatic rings. The molecule has 0 bridgehead atoms. The minimum absolute atomic E-state index is 0.0451. The lowest BCUT2D eigenvalue weighted by molar-refractivity contribution is -0.116. The molecule has 2 rings (SSSR count). The fourth-order valence-corrected chi connectivity index (χ4v) is 1.81. The minimum atomic E-state index is -0.942. The highest BCUT2D eigenvalue weighted by atomic mass is 16.4. The van der Waals surface area contributed by atoms with Crippen LogP contribution < -0.4 is 5.32 Å². The second kappa shape index (κ2) is 3.73. The molecule has 4 nitrogen and oxygen atoms in total. The normalized spacial score (nSPS) is 15.1. The molecule has 0 spiro atoms. The summed E-state index contributed by atoms with van der Waals surface area (Å²) in [6.07, 6.45) is 1.79. The molecule has 0 unspecified atom stereocenters. The molecule has 15 heavy (non-hydrogen) atoms. The smallest absolute Gasteiger partial charge is 0.336 e. The van der Waals surface area contributed by atoms with Crippen molar-refractivity contribution in [2.45, 2.75) is 19.3 Å². The predicted molar refractivity (Wildman–Crippen MR) is 55.0 cm³/mol. The van der Waals surface area contributed by atoms with Gasteiger partial charge in [-0.15, -0.1) is 0 Å². The molecule has 0 aliphatic carbocycles. The van der Waals surface area contributed by atoms with E-state index in [4.69, 9.17) is 5.11 Å². The van der Waals surface area contributed by atoms with Crippen molar-refractivity contribution >= 4 is 17.6 Å². The largest absolute Gasteiger partial charge is 0.478 e. The zero-order chi connectivity index (χ0) is 10.8. The van der Waals surface area contributed by atoms with Crippen molar-refractivity contribution in [2.75, 3.05) is 5.32 Å². The Morgan fingerprint density at radius 3 is 2.87 bits per heavy atom. The van der Waals surface area contributed by atoms with Crippen molar-refractivity contribution in [3.63, 3.8) is 0 Å². The van der Waals surface area contributed by atoms with E-state index in [0.717, 1.165) is 5.56 Å². The highest BCUT2D eigenvalue weighted by molar-refractivity contribution is 5.96. The molecule has 0 fully saturated rings. The van der Waals surface area contributed by atoms with Gasteiger partial charge in [0.1, 0.15) is 0 Å². The molecule has 1 amide bonds. The van der Waals surface area contributed by atoms with Gasteiger partial charge in [0, 0.05) is 12.1 Å². The number of carbonyl (C=O) groups excluding carboxylic acids is 1. The molecule has 2 N–H and O–H groups in total. The third-order valence-electron chi connectivity index (χ3n) is 2.51. The number of benzene rings is 1. The van der Waals surface area contributed by atoms with Gasteiger partial charge in [-0.25, -0.2) is 4.79 Å². The van der Waals surface area contributed by atoms with Gasteiger partial charge in [0.25, 0.3) is 0 Å². The zero-order valence-corrected chi connectivity index (χ0v) is 8.12. The van der Waals surface area contributed by atoms with Crippen LogP contribution in [0.3, 0.4) is 0 Å². The number of amides is 1. The Morgan fingerprint density at radius 1 is 1.33 bits per heavy atom. The summed E-state index contributed by atoms with van der Waals surface area (Å²) in [5.74, 6) is -0.987. The minimum Gasteiger partial charge on any atom is -0.478 e. The number of nitrogens with one attached hydrogen (secondary N) is 1. The van der Waals surface area contributed by atoms with Crippen LogP contribution in [0.4, 0.5) is 5.69 Å². The monoisotopic (exact) mass is 205 g/mol. The standard InChI is InChI=1S/C11H11NO3/c13-10-6-2-3-7-8(11(14)15)4-1-5-9(7)12-10/h1,4-5H,2-3,6H2,(H,12,13)(H,14,15). The quantitative estimate of drug-likeness (QED) is 0.732. The first-order valence-electron chi connectivity index (χ1n) is 4.83. The number of rotatable bonds is 1. The number of anilines is 1. The summed E-state index contributed by atoms with van der Waals surface area (Å²) >= 11 is 0. The fourth-order valence-electron chi connectivity index (χ4n) is 1.81. The number of carboxylic acid groups (broad SMARTS) is 1. The summed E-state index contributed by atoms with van der Waals surface area (Å²) < 4.78 is 0. The van der Waals surface area contributed by atoms with Crippen LogP contribution in [0.2, 0.25) is 0 Å². The van der Waals surface area contributed by atoms with Gasteiger partial charge in [0.15, 0.2) is 0 Å². The van der Waals surface area contributed by atoms with Gasteiger partial charge in [0.05, 0.1) is 5.56 Å². The molecular weight excluding hydrogens is 194 g/mol. The molecule has 4 heteroatoms. The second-order valence-corrected chi connectivity index (χ2v) is 3.54. The number of fused-ring (bicyclic) bond motifs is 1. The molecule has 78 valence electrons. The van der Waals surface area contributed by atoms with Crippen LogP contribution in [0.15, 0.2) is 18.2 Å². The van der Waals surface area contributed by atoms with Gasteiger partial charge in [-0.2, -0.15) is 0 Å². The van der Waals surface area contributed by atoms with Crippen LogP contribution in [0.5, 0.6) is 0 Å². The van der Waals surface area contributed by atoms with Crippen LogP contribution in [0.1, 0.15) is 28.8 Å². The number of hydrogen-bond acceptors (Lipinski definition) is 2. The molecule has 0 saturated carbocycles. The third kappa shape index (κ3) is 1.83. The molecule has 1 aliphatic heterocycles. The summed E-state index contributed by atoms with van der Waals surface area (Å²) in [5, 5.41) is 11.7. The lowest BCUT2D eigenvalue weighted by atomic mass is 10.0. The van der Waals surface area contributed by atoms with E-state index < -0.39 is 5.97 Å². The van der Waals surface area contributed by atoms with Gasteiger partial charge in [0.2, 0.25) is 5.91 Å².